The van der Waals surface area contributed by atoms with E-state index >= 15 is 0 Å². The van der Waals surface area contributed by atoms with Crippen molar-refractivity contribution in [2.75, 3.05) is 25.6 Å². The number of hydrogen-bond donors (Lipinski definition) is 2. The summed E-state index contributed by atoms with van der Waals surface area (Å²) >= 11 is 3.49. The molecule has 0 aliphatic carbocycles. The Morgan fingerprint density at radius 2 is 2.11 bits per heavy atom. The molecule has 2 heterocycles. The van der Waals surface area contributed by atoms with E-state index in [4.69, 9.17) is 4.74 Å². The summed E-state index contributed by atoms with van der Waals surface area (Å²) in [5.41, 5.74) is 1.80. The summed E-state index contributed by atoms with van der Waals surface area (Å²) in [6.45, 7) is 0.378. The maximum atomic E-state index is 13.4. The van der Waals surface area contributed by atoms with Crippen LogP contribution in [0.3, 0.4) is 0 Å². The first kappa shape index (κ1) is 18.7. The number of halogens is 1. The van der Waals surface area contributed by atoms with Crippen molar-refractivity contribution in [2.45, 2.75) is 23.4 Å². The molecular weight excluding hydrogens is 432 g/mol. The average molecular weight is 453 g/mol. The van der Waals surface area contributed by atoms with Gasteiger partial charge in [0.1, 0.15) is 5.75 Å². The minimum absolute atomic E-state index is 0.0113. The number of ether oxygens (including phenoxy) is 1. The van der Waals surface area contributed by atoms with Crippen LogP contribution in [-0.2, 0) is 10.0 Å². The number of anilines is 1. The smallest absolute Gasteiger partial charge is 0.243 e. The maximum Gasteiger partial charge on any atom is 0.243 e. The second kappa shape index (κ2) is 7.09. The molecule has 0 aromatic heterocycles. The molecule has 1 fully saturated rings. The average Bonchev–Trinajstić information content (AvgIpc) is 3.14. The highest BCUT2D eigenvalue weighted by Crippen LogP contribution is 2.49. The fraction of sp³-hybridized carbons (Fsp3) is 0.368. The van der Waals surface area contributed by atoms with Gasteiger partial charge in [-0.3, -0.25) is 0 Å². The first-order valence-electron chi connectivity index (χ1n) is 8.78. The van der Waals surface area contributed by atoms with Gasteiger partial charge >= 0.3 is 0 Å². The number of aliphatic hydroxyl groups excluding tert-OH is 1. The van der Waals surface area contributed by atoms with Crippen LogP contribution in [-0.4, -0.2) is 44.1 Å². The normalized spacial score (nSPS) is 24.8. The molecule has 2 N–H and O–H groups in total. The van der Waals surface area contributed by atoms with Gasteiger partial charge in [-0.1, -0.05) is 22.0 Å². The van der Waals surface area contributed by atoms with E-state index in [-0.39, 0.29) is 29.5 Å². The van der Waals surface area contributed by atoms with E-state index in [0.29, 0.717) is 18.7 Å². The minimum atomic E-state index is -3.70. The lowest BCUT2D eigenvalue weighted by Gasteiger charge is -2.38. The molecule has 0 amide bonds. The lowest BCUT2D eigenvalue weighted by Crippen LogP contribution is -2.42. The Balaban J connectivity index is 1.80. The third kappa shape index (κ3) is 3.14. The molecule has 2 aliphatic rings. The van der Waals surface area contributed by atoms with Crippen LogP contribution in [0.4, 0.5) is 5.69 Å². The topological polar surface area (TPSA) is 78.9 Å². The van der Waals surface area contributed by atoms with E-state index in [0.717, 1.165) is 15.7 Å². The molecule has 3 atom stereocenters. The Kier molecular flexibility index (Phi) is 4.92. The summed E-state index contributed by atoms with van der Waals surface area (Å²) < 4.78 is 34.5. The molecule has 0 radical (unpaired) electrons. The first-order chi connectivity index (χ1) is 13.0. The van der Waals surface area contributed by atoms with Gasteiger partial charge in [-0.05, 0) is 42.3 Å². The highest BCUT2D eigenvalue weighted by atomic mass is 79.9. The standard InChI is InChI=1S/C19H21BrN2O4S/c1-26-13-3-2-4-14(10-13)27(24,25)22-8-7-15-18(11-23)21-17-6-5-12(20)9-16(17)19(15)22/h2-6,9-10,15,18-19,21,23H,7-8,11H2,1H3/t15-,18-,19-/m1/s1. The van der Waals surface area contributed by atoms with Crippen molar-refractivity contribution < 1.29 is 18.3 Å². The van der Waals surface area contributed by atoms with Crippen molar-refractivity contribution in [1.29, 1.82) is 0 Å². The Morgan fingerprint density at radius 3 is 2.85 bits per heavy atom. The summed E-state index contributed by atoms with van der Waals surface area (Å²) in [6.07, 6.45) is 0.693. The monoisotopic (exact) mass is 452 g/mol. The van der Waals surface area contributed by atoms with Gasteiger partial charge in [0.2, 0.25) is 10.0 Å². The maximum absolute atomic E-state index is 13.4. The SMILES string of the molecule is COc1cccc(S(=O)(=O)N2CC[C@@H]3[C@@H](CO)Nc4ccc(Br)cc4[C@@H]32)c1. The molecule has 0 unspecified atom stereocenters. The van der Waals surface area contributed by atoms with Crippen molar-refractivity contribution in [3.05, 3.63) is 52.5 Å². The van der Waals surface area contributed by atoms with E-state index < -0.39 is 10.0 Å². The number of rotatable bonds is 4. The molecule has 2 aliphatic heterocycles. The van der Waals surface area contributed by atoms with Gasteiger partial charge < -0.3 is 15.2 Å². The van der Waals surface area contributed by atoms with E-state index in [1.807, 2.05) is 18.2 Å². The van der Waals surface area contributed by atoms with Crippen LogP contribution < -0.4 is 10.1 Å². The molecule has 4 rings (SSSR count). The molecule has 0 bridgehead atoms. The van der Waals surface area contributed by atoms with Crippen molar-refractivity contribution in [3.63, 3.8) is 0 Å². The van der Waals surface area contributed by atoms with Crippen LogP contribution in [0.2, 0.25) is 0 Å². The second-order valence-electron chi connectivity index (χ2n) is 6.86. The molecule has 8 heteroatoms. The number of hydrogen-bond acceptors (Lipinski definition) is 5. The molecule has 0 saturated carbocycles. The highest BCUT2D eigenvalue weighted by molar-refractivity contribution is 9.10. The largest absolute Gasteiger partial charge is 0.497 e. The summed E-state index contributed by atoms with van der Waals surface area (Å²) in [7, 11) is -2.18. The molecule has 144 valence electrons. The van der Waals surface area contributed by atoms with Crippen molar-refractivity contribution in [3.8, 4) is 5.75 Å². The molecule has 2 aromatic rings. The predicted molar refractivity (Wildman–Crippen MR) is 106 cm³/mol. The second-order valence-corrected chi connectivity index (χ2v) is 9.66. The van der Waals surface area contributed by atoms with Crippen LogP contribution in [0.25, 0.3) is 0 Å². The third-order valence-corrected chi connectivity index (χ3v) is 7.80. The zero-order valence-electron chi connectivity index (χ0n) is 14.8. The van der Waals surface area contributed by atoms with Crippen LogP contribution in [0, 0.1) is 5.92 Å². The van der Waals surface area contributed by atoms with Gasteiger partial charge in [-0.25, -0.2) is 8.42 Å². The number of sulfonamides is 1. The first-order valence-corrected chi connectivity index (χ1v) is 11.0. The molecular formula is C19H21BrN2O4S. The van der Waals surface area contributed by atoms with Crippen LogP contribution >= 0.6 is 15.9 Å². The Bertz CT molecular complexity index is 966. The zero-order valence-corrected chi connectivity index (χ0v) is 17.2. The number of methoxy groups -OCH3 is 1. The predicted octanol–water partition coefficient (Wildman–Crippen LogP) is 3.00. The fourth-order valence-electron chi connectivity index (χ4n) is 4.16. The van der Waals surface area contributed by atoms with E-state index in [1.165, 1.54) is 7.11 Å². The van der Waals surface area contributed by atoms with Crippen molar-refractivity contribution >= 4 is 31.6 Å². The summed E-state index contributed by atoms with van der Waals surface area (Å²) in [4.78, 5) is 0.220. The van der Waals surface area contributed by atoms with E-state index in [9.17, 15) is 13.5 Å². The van der Waals surface area contributed by atoms with Gasteiger partial charge in [0.15, 0.2) is 0 Å². The van der Waals surface area contributed by atoms with Gasteiger partial charge in [-0.2, -0.15) is 4.31 Å². The molecule has 0 spiro atoms. The zero-order chi connectivity index (χ0) is 19.2. The van der Waals surface area contributed by atoms with Crippen LogP contribution in [0.1, 0.15) is 18.0 Å². The molecule has 1 saturated heterocycles. The Hall–Kier alpha value is -1.61. The summed E-state index contributed by atoms with van der Waals surface area (Å²) in [5, 5.41) is 13.2. The van der Waals surface area contributed by atoms with Gasteiger partial charge in [-0.15, -0.1) is 0 Å². The Labute approximate surface area is 167 Å². The van der Waals surface area contributed by atoms with E-state index in [1.54, 1.807) is 28.6 Å². The fourth-order valence-corrected chi connectivity index (χ4v) is 6.24. The van der Waals surface area contributed by atoms with Gasteiger partial charge in [0.25, 0.3) is 0 Å². The highest BCUT2D eigenvalue weighted by Gasteiger charge is 2.48. The number of nitrogens with zero attached hydrogens (tertiary/aromatic N) is 1. The van der Waals surface area contributed by atoms with E-state index in [2.05, 4.69) is 21.2 Å². The van der Waals surface area contributed by atoms with Crippen molar-refractivity contribution in [2.24, 2.45) is 5.92 Å². The molecule has 6 nitrogen and oxygen atoms in total. The minimum Gasteiger partial charge on any atom is -0.497 e. The lowest BCUT2D eigenvalue weighted by atomic mass is 9.84. The number of nitrogens with one attached hydrogen (secondary N) is 1. The lowest BCUT2D eigenvalue weighted by molar-refractivity contribution is 0.210. The number of benzene rings is 2. The van der Waals surface area contributed by atoms with Crippen LogP contribution in [0.5, 0.6) is 5.75 Å². The van der Waals surface area contributed by atoms with Crippen molar-refractivity contribution in [1.82, 2.24) is 4.31 Å². The number of fused-ring (bicyclic) bond motifs is 3. The molecule has 2 aromatic carbocycles. The van der Waals surface area contributed by atoms with Crippen LogP contribution in [0.15, 0.2) is 51.8 Å². The summed E-state index contributed by atoms with van der Waals surface area (Å²) in [6, 6.07) is 11.9. The van der Waals surface area contributed by atoms with Gasteiger partial charge in [0, 0.05) is 28.7 Å². The number of aliphatic hydroxyl groups is 1. The quantitative estimate of drug-likeness (QED) is 0.745. The molecule has 27 heavy (non-hydrogen) atoms. The summed E-state index contributed by atoms with van der Waals surface area (Å²) in [5.74, 6) is 0.519. The third-order valence-electron chi connectivity index (χ3n) is 5.43. The Morgan fingerprint density at radius 1 is 1.30 bits per heavy atom. The van der Waals surface area contributed by atoms with Gasteiger partial charge in [0.05, 0.1) is 30.7 Å².